The lowest BCUT2D eigenvalue weighted by Crippen LogP contribution is -1.98. The van der Waals surface area contributed by atoms with Gasteiger partial charge in [0.15, 0.2) is 5.82 Å². The fourth-order valence-corrected chi connectivity index (χ4v) is 3.36. The summed E-state index contributed by atoms with van der Waals surface area (Å²) < 4.78 is 29.2. The number of fused-ring (bicyclic) bond motifs is 1. The molecule has 1 aliphatic heterocycles. The molecule has 3 heterocycles. The number of rotatable bonds is 4. The largest absolute Gasteiger partial charge is 0.444 e. The van der Waals surface area contributed by atoms with Gasteiger partial charge < -0.3 is 13.7 Å². The highest BCUT2D eigenvalue weighted by Crippen LogP contribution is 2.56. The van der Waals surface area contributed by atoms with E-state index in [2.05, 4.69) is 15.1 Å². The standard InChI is InChI=1S/C17H14FN3O3/c18-10-3-1-9(2-4-10)16-19-11(6-23-16)5-14-20-17(24-21-14)15-12-7-22-8-13(12)15/h1-4,6,12-13,15H,5,7-8H2/t12-,13+,15?. The molecule has 2 fully saturated rings. The summed E-state index contributed by atoms with van der Waals surface area (Å²) in [4.78, 5) is 8.88. The van der Waals surface area contributed by atoms with Crippen molar-refractivity contribution >= 4 is 0 Å². The highest BCUT2D eigenvalue weighted by Gasteiger charge is 2.57. The van der Waals surface area contributed by atoms with E-state index in [0.717, 1.165) is 18.8 Å². The summed E-state index contributed by atoms with van der Waals surface area (Å²) in [6.07, 6.45) is 2.00. The third-order valence-corrected chi connectivity index (χ3v) is 4.70. The van der Waals surface area contributed by atoms with Crippen molar-refractivity contribution in [1.82, 2.24) is 15.1 Å². The lowest BCUT2D eigenvalue weighted by atomic mass is 10.2. The molecule has 0 radical (unpaired) electrons. The Hall–Kier alpha value is -2.54. The third-order valence-electron chi connectivity index (χ3n) is 4.70. The SMILES string of the molecule is Fc1ccc(-c2nc(Cc3noc(C4[C@H]5COC[C@@H]45)n3)co2)cc1. The molecule has 0 amide bonds. The first-order valence-electron chi connectivity index (χ1n) is 7.88. The van der Waals surface area contributed by atoms with Crippen molar-refractivity contribution < 1.29 is 18.1 Å². The van der Waals surface area contributed by atoms with Gasteiger partial charge in [-0.05, 0) is 36.1 Å². The van der Waals surface area contributed by atoms with Gasteiger partial charge in [-0.25, -0.2) is 9.37 Å². The summed E-state index contributed by atoms with van der Waals surface area (Å²) in [5.74, 6) is 2.88. The fraction of sp³-hybridized carbons (Fsp3) is 0.353. The maximum atomic E-state index is 13.0. The van der Waals surface area contributed by atoms with E-state index in [1.54, 1.807) is 18.4 Å². The molecule has 1 aromatic carbocycles. The Morgan fingerprint density at radius 2 is 1.88 bits per heavy atom. The maximum absolute atomic E-state index is 13.0. The van der Waals surface area contributed by atoms with Crippen LogP contribution in [0.3, 0.4) is 0 Å². The summed E-state index contributed by atoms with van der Waals surface area (Å²) in [7, 11) is 0. The van der Waals surface area contributed by atoms with E-state index < -0.39 is 0 Å². The number of hydrogen-bond donors (Lipinski definition) is 0. The van der Waals surface area contributed by atoms with Crippen molar-refractivity contribution in [3.63, 3.8) is 0 Å². The van der Waals surface area contributed by atoms with E-state index in [9.17, 15) is 4.39 Å². The van der Waals surface area contributed by atoms with E-state index in [-0.39, 0.29) is 5.82 Å². The Morgan fingerprint density at radius 1 is 1.08 bits per heavy atom. The molecule has 3 aromatic rings. The summed E-state index contributed by atoms with van der Waals surface area (Å²) in [6, 6.07) is 6.01. The molecule has 0 bridgehead atoms. The number of ether oxygens (including phenoxy) is 1. The van der Waals surface area contributed by atoms with E-state index in [1.807, 2.05) is 0 Å². The van der Waals surface area contributed by atoms with Crippen LogP contribution in [0, 0.1) is 17.7 Å². The molecule has 0 spiro atoms. The first-order valence-corrected chi connectivity index (χ1v) is 7.88. The van der Waals surface area contributed by atoms with Crippen LogP contribution < -0.4 is 0 Å². The first-order chi connectivity index (χ1) is 11.8. The van der Waals surface area contributed by atoms with Crippen LogP contribution in [-0.4, -0.2) is 28.3 Å². The monoisotopic (exact) mass is 327 g/mol. The quantitative estimate of drug-likeness (QED) is 0.733. The zero-order valence-corrected chi connectivity index (χ0v) is 12.7. The van der Waals surface area contributed by atoms with E-state index in [1.165, 1.54) is 12.1 Å². The van der Waals surface area contributed by atoms with Gasteiger partial charge in [-0.15, -0.1) is 0 Å². The van der Waals surface area contributed by atoms with Crippen LogP contribution >= 0.6 is 0 Å². The second-order valence-electron chi connectivity index (χ2n) is 6.27. The Labute approximate surface area is 136 Å². The summed E-state index contributed by atoms with van der Waals surface area (Å²) >= 11 is 0. The number of halogens is 1. The van der Waals surface area contributed by atoms with Gasteiger partial charge in [0.05, 0.1) is 25.3 Å². The van der Waals surface area contributed by atoms with Crippen LogP contribution in [0.4, 0.5) is 4.39 Å². The Balaban J connectivity index is 1.30. The zero-order valence-electron chi connectivity index (χ0n) is 12.7. The molecule has 7 heteroatoms. The van der Waals surface area contributed by atoms with Crippen molar-refractivity contribution in [3.05, 3.63) is 53.8 Å². The van der Waals surface area contributed by atoms with Crippen LogP contribution in [0.2, 0.25) is 0 Å². The van der Waals surface area contributed by atoms with Crippen molar-refractivity contribution in [2.75, 3.05) is 13.2 Å². The average molecular weight is 327 g/mol. The van der Waals surface area contributed by atoms with Crippen LogP contribution in [0.1, 0.15) is 23.3 Å². The van der Waals surface area contributed by atoms with Crippen LogP contribution in [-0.2, 0) is 11.2 Å². The Bertz CT molecular complexity index is 863. The van der Waals surface area contributed by atoms with Crippen LogP contribution in [0.25, 0.3) is 11.5 Å². The molecule has 6 nitrogen and oxygen atoms in total. The summed E-state index contributed by atoms with van der Waals surface area (Å²) in [5, 5.41) is 4.04. The molecule has 1 aliphatic carbocycles. The third kappa shape index (κ3) is 2.32. The van der Waals surface area contributed by atoms with Gasteiger partial charge >= 0.3 is 0 Å². The van der Waals surface area contributed by atoms with Gasteiger partial charge in [-0.3, -0.25) is 0 Å². The minimum absolute atomic E-state index is 0.292. The molecule has 2 aromatic heterocycles. The lowest BCUT2D eigenvalue weighted by molar-refractivity contribution is 0.155. The normalized spacial score (nSPS) is 25.0. The number of nitrogens with zero attached hydrogens (tertiary/aromatic N) is 3. The van der Waals surface area contributed by atoms with Crippen LogP contribution in [0.5, 0.6) is 0 Å². The van der Waals surface area contributed by atoms with Crippen molar-refractivity contribution in [2.45, 2.75) is 12.3 Å². The van der Waals surface area contributed by atoms with E-state index in [0.29, 0.717) is 47.5 Å². The number of oxazole rings is 1. The predicted octanol–water partition coefficient (Wildman–Crippen LogP) is 2.81. The van der Waals surface area contributed by atoms with Crippen molar-refractivity contribution in [2.24, 2.45) is 11.8 Å². The van der Waals surface area contributed by atoms with E-state index in [4.69, 9.17) is 13.7 Å². The molecule has 122 valence electrons. The molecule has 1 saturated carbocycles. The molecule has 0 N–H and O–H groups in total. The van der Waals surface area contributed by atoms with Gasteiger partial charge in [0.2, 0.25) is 11.8 Å². The molecule has 1 saturated heterocycles. The predicted molar refractivity (Wildman–Crippen MR) is 79.5 cm³/mol. The van der Waals surface area contributed by atoms with E-state index >= 15 is 0 Å². The molecule has 2 aliphatic rings. The van der Waals surface area contributed by atoms with Gasteiger partial charge in [0.1, 0.15) is 12.1 Å². The van der Waals surface area contributed by atoms with Crippen LogP contribution in [0.15, 0.2) is 39.5 Å². The van der Waals surface area contributed by atoms with Gasteiger partial charge in [-0.1, -0.05) is 5.16 Å². The summed E-state index contributed by atoms with van der Waals surface area (Å²) in [5.41, 5.74) is 1.43. The molecule has 1 unspecified atom stereocenters. The minimum atomic E-state index is -0.292. The maximum Gasteiger partial charge on any atom is 0.230 e. The minimum Gasteiger partial charge on any atom is -0.444 e. The Morgan fingerprint density at radius 3 is 2.67 bits per heavy atom. The molecular formula is C17H14FN3O3. The molecular weight excluding hydrogens is 313 g/mol. The molecule has 24 heavy (non-hydrogen) atoms. The van der Waals surface area contributed by atoms with Gasteiger partial charge in [-0.2, -0.15) is 4.98 Å². The number of hydrogen-bond acceptors (Lipinski definition) is 6. The second-order valence-corrected chi connectivity index (χ2v) is 6.27. The highest BCUT2D eigenvalue weighted by atomic mass is 19.1. The molecule has 5 rings (SSSR count). The number of aromatic nitrogens is 3. The lowest BCUT2D eigenvalue weighted by Gasteiger charge is -1.97. The fourth-order valence-electron chi connectivity index (χ4n) is 3.36. The van der Waals surface area contributed by atoms with Crippen molar-refractivity contribution in [1.29, 1.82) is 0 Å². The average Bonchev–Trinajstić information content (AvgIpc) is 3.10. The van der Waals surface area contributed by atoms with Gasteiger partial charge in [0, 0.05) is 11.5 Å². The molecule has 3 atom stereocenters. The van der Waals surface area contributed by atoms with Gasteiger partial charge in [0.25, 0.3) is 0 Å². The topological polar surface area (TPSA) is 74.2 Å². The Kier molecular flexibility index (Phi) is 3.02. The zero-order chi connectivity index (χ0) is 16.1. The summed E-state index contributed by atoms with van der Waals surface area (Å²) in [6.45, 7) is 1.58. The second kappa shape index (κ2) is 5.24. The highest BCUT2D eigenvalue weighted by molar-refractivity contribution is 5.52. The van der Waals surface area contributed by atoms with Crippen molar-refractivity contribution in [3.8, 4) is 11.5 Å². The first kappa shape index (κ1) is 13.9. The smallest absolute Gasteiger partial charge is 0.230 e. The number of benzene rings is 1.